The lowest BCUT2D eigenvalue weighted by atomic mass is 9.87. The summed E-state index contributed by atoms with van der Waals surface area (Å²) in [6.45, 7) is 2.06. The molecule has 0 spiro atoms. The van der Waals surface area contributed by atoms with Crippen molar-refractivity contribution in [2.45, 2.75) is 44.8 Å². The molecule has 2 amide bonds. The lowest BCUT2D eigenvalue weighted by molar-refractivity contribution is -0.125. The van der Waals surface area contributed by atoms with Gasteiger partial charge in [-0.3, -0.25) is 9.59 Å². The maximum atomic E-state index is 12.6. The van der Waals surface area contributed by atoms with Crippen molar-refractivity contribution in [3.63, 3.8) is 0 Å². The van der Waals surface area contributed by atoms with Gasteiger partial charge in [0.15, 0.2) is 6.10 Å². The maximum absolute atomic E-state index is 12.6. The van der Waals surface area contributed by atoms with Crippen LogP contribution in [-0.4, -0.2) is 24.5 Å². The maximum Gasteiger partial charge on any atom is 0.267 e. The van der Waals surface area contributed by atoms with Crippen molar-refractivity contribution < 1.29 is 14.3 Å². The molecule has 0 saturated heterocycles. The summed E-state index contributed by atoms with van der Waals surface area (Å²) < 4.78 is 5.65. The van der Waals surface area contributed by atoms with Gasteiger partial charge >= 0.3 is 0 Å². The molecule has 0 fully saturated rings. The Morgan fingerprint density at radius 1 is 1.29 bits per heavy atom. The van der Waals surface area contributed by atoms with Crippen molar-refractivity contribution in [3.8, 4) is 5.75 Å². The van der Waals surface area contributed by atoms with Crippen molar-refractivity contribution in [2.24, 2.45) is 0 Å². The summed E-state index contributed by atoms with van der Waals surface area (Å²) in [7, 11) is 0. The standard InChI is InChI=1S/C22H25N3O3/c1-14-22(27)25(19-7-2-3-8-20(19)28-14)12-11-21(26)24-18-6-4-5-15-13-16(23)9-10-17(15)18/h2-3,7-10,13-14,18H,4-6,11-12,23H2,1H3,(H,24,26). The molecule has 1 heterocycles. The minimum Gasteiger partial charge on any atom is -0.479 e. The second kappa shape index (κ2) is 7.54. The number of carbonyl (C=O) groups excluding carboxylic acids is 2. The fraction of sp³-hybridized carbons (Fsp3) is 0.364. The third-order valence-electron chi connectivity index (χ3n) is 5.45. The van der Waals surface area contributed by atoms with Crippen molar-refractivity contribution in [1.82, 2.24) is 5.32 Å². The zero-order chi connectivity index (χ0) is 19.7. The van der Waals surface area contributed by atoms with Crippen LogP contribution in [0.5, 0.6) is 5.75 Å². The van der Waals surface area contributed by atoms with Crippen molar-refractivity contribution in [2.75, 3.05) is 17.2 Å². The Hall–Kier alpha value is -3.02. The Labute approximate surface area is 164 Å². The average Bonchev–Trinajstić information content (AvgIpc) is 2.68. The highest BCUT2D eigenvalue weighted by molar-refractivity contribution is 6.00. The molecule has 6 heteroatoms. The van der Waals surface area contributed by atoms with E-state index in [0.29, 0.717) is 12.3 Å². The monoisotopic (exact) mass is 379 g/mol. The predicted molar refractivity (Wildman–Crippen MR) is 108 cm³/mol. The summed E-state index contributed by atoms with van der Waals surface area (Å²) in [5.41, 5.74) is 9.72. The van der Waals surface area contributed by atoms with Crippen LogP contribution in [0, 0.1) is 0 Å². The first-order chi connectivity index (χ1) is 13.5. The molecule has 2 atom stereocenters. The average molecular weight is 379 g/mol. The number of nitrogen functional groups attached to an aromatic ring is 1. The van der Waals surface area contributed by atoms with Gasteiger partial charge in [-0.1, -0.05) is 18.2 Å². The number of anilines is 2. The third kappa shape index (κ3) is 3.54. The van der Waals surface area contributed by atoms with Crippen LogP contribution in [0.2, 0.25) is 0 Å². The number of amides is 2. The SMILES string of the molecule is CC1Oc2ccccc2N(CCC(=O)NC2CCCc3cc(N)ccc32)C1=O. The van der Waals surface area contributed by atoms with Gasteiger partial charge in [-0.2, -0.15) is 0 Å². The van der Waals surface area contributed by atoms with E-state index in [2.05, 4.69) is 5.32 Å². The van der Waals surface area contributed by atoms with Crippen molar-refractivity contribution >= 4 is 23.2 Å². The lowest BCUT2D eigenvalue weighted by Crippen LogP contribution is -2.46. The quantitative estimate of drug-likeness (QED) is 0.800. The van der Waals surface area contributed by atoms with Crippen LogP contribution >= 0.6 is 0 Å². The molecule has 4 rings (SSSR count). The van der Waals surface area contributed by atoms with Crippen LogP contribution in [0.3, 0.4) is 0 Å². The van der Waals surface area contributed by atoms with Crippen molar-refractivity contribution in [3.05, 3.63) is 53.6 Å². The van der Waals surface area contributed by atoms with Crippen LogP contribution in [0.25, 0.3) is 0 Å². The minimum absolute atomic E-state index is 0.00319. The number of nitrogens with one attached hydrogen (secondary N) is 1. The number of rotatable bonds is 4. The first-order valence-electron chi connectivity index (χ1n) is 9.77. The first-order valence-corrected chi connectivity index (χ1v) is 9.77. The largest absolute Gasteiger partial charge is 0.479 e. The number of hydrogen-bond donors (Lipinski definition) is 2. The van der Waals surface area contributed by atoms with Gasteiger partial charge in [0.2, 0.25) is 5.91 Å². The molecule has 28 heavy (non-hydrogen) atoms. The zero-order valence-corrected chi connectivity index (χ0v) is 16.0. The second-order valence-electron chi connectivity index (χ2n) is 7.44. The number of benzene rings is 2. The molecule has 2 aliphatic rings. The molecule has 146 valence electrons. The van der Waals surface area contributed by atoms with E-state index in [-0.39, 0.29) is 24.3 Å². The number of ether oxygens (including phenoxy) is 1. The number of fused-ring (bicyclic) bond motifs is 2. The number of aryl methyl sites for hydroxylation is 1. The van der Waals surface area contributed by atoms with E-state index in [1.807, 2.05) is 42.5 Å². The van der Waals surface area contributed by atoms with Gasteiger partial charge in [0, 0.05) is 18.7 Å². The molecule has 2 aromatic rings. The number of hydrogen-bond acceptors (Lipinski definition) is 4. The van der Waals surface area contributed by atoms with E-state index in [1.165, 1.54) is 5.56 Å². The summed E-state index contributed by atoms with van der Waals surface area (Å²) in [5, 5.41) is 3.14. The number of carbonyl (C=O) groups is 2. The van der Waals surface area contributed by atoms with E-state index in [1.54, 1.807) is 11.8 Å². The van der Waals surface area contributed by atoms with E-state index in [4.69, 9.17) is 10.5 Å². The third-order valence-corrected chi connectivity index (χ3v) is 5.45. The minimum atomic E-state index is -0.548. The fourth-order valence-corrected chi connectivity index (χ4v) is 4.05. The Bertz CT molecular complexity index is 912. The van der Waals surface area contributed by atoms with Crippen LogP contribution < -0.4 is 20.7 Å². The van der Waals surface area contributed by atoms with Crippen LogP contribution in [-0.2, 0) is 16.0 Å². The molecule has 2 unspecified atom stereocenters. The molecule has 1 aliphatic heterocycles. The fourth-order valence-electron chi connectivity index (χ4n) is 4.05. The normalized spacial score (nSPS) is 20.8. The summed E-state index contributed by atoms with van der Waals surface area (Å²) in [4.78, 5) is 26.8. The molecule has 0 aromatic heterocycles. The lowest BCUT2D eigenvalue weighted by Gasteiger charge is -2.33. The van der Waals surface area contributed by atoms with E-state index in [0.717, 1.165) is 36.2 Å². The van der Waals surface area contributed by atoms with Gasteiger partial charge in [-0.05, 0) is 61.6 Å². The molecule has 1 aliphatic carbocycles. The predicted octanol–water partition coefficient (Wildman–Crippen LogP) is 2.97. The molecule has 0 saturated carbocycles. The molecular formula is C22H25N3O3. The molecule has 0 bridgehead atoms. The van der Waals surface area contributed by atoms with Crippen LogP contribution in [0.1, 0.15) is 43.4 Å². The smallest absolute Gasteiger partial charge is 0.267 e. The highest BCUT2D eigenvalue weighted by Crippen LogP contribution is 2.34. The zero-order valence-electron chi connectivity index (χ0n) is 16.0. The highest BCUT2D eigenvalue weighted by Gasteiger charge is 2.31. The van der Waals surface area contributed by atoms with Crippen molar-refractivity contribution in [1.29, 1.82) is 0 Å². The number of nitrogens with two attached hydrogens (primary N) is 1. The molecule has 3 N–H and O–H groups in total. The Morgan fingerprint density at radius 2 is 2.11 bits per heavy atom. The second-order valence-corrected chi connectivity index (χ2v) is 7.44. The van der Waals surface area contributed by atoms with E-state index in [9.17, 15) is 9.59 Å². The Kier molecular flexibility index (Phi) is 4.94. The summed E-state index contributed by atoms with van der Waals surface area (Å²) in [5.74, 6) is 0.498. The Morgan fingerprint density at radius 3 is 2.96 bits per heavy atom. The topological polar surface area (TPSA) is 84.7 Å². The van der Waals surface area contributed by atoms with Gasteiger partial charge in [-0.15, -0.1) is 0 Å². The van der Waals surface area contributed by atoms with E-state index >= 15 is 0 Å². The summed E-state index contributed by atoms with van der Waals surface area (Å²) in [6, 6.07) is 13.3. The molecule has 6 nitrogen and oxygen atoms in total. The molecule has 0 radical (unpaired) electrons. The Balaban J connectivity index is 1.43. The molecule has 2 aromatic carbocycles. The first kappa shape index (κ1) is 18.3. The summed E-state index contributed by atoms with van der Waals surface area (Å²) in [6.07, 6.45) is 2.62. The summed E-state index contributed by atoms with van der Waals surface area (Å²) >= 11 is 0. The van der Waals surface area contributed by atoms with Crippen LogP contribution in [0.4, 0.5) is 11.4 Å². The highest BCUT2D eigenvalue weighted by atomic mass is 16.5. The van der Waals surface area contributed by atoms with Gasteiger partial charge in [0.05, 0.1) is 11.7 Å². The van der Waals surface area contributed by atoms with Gasteiger partial charge in [0.25, 0.3) is 5.91 Å². The van der Waals surface area contributed by atoms with Gasteiger partial charge < -0.3 is 20.7 Å². The van der Waals surface area contributed by atoms with Gasteiger partial charge in [-0.25, -0.2) is 0 Å². The number of nitrogens with zero attached hydrogens (tertiary/aromatic N) is 1. The molecular weight excluding hydrogens is 354 g/mol. The van der Waals surface area contributed by atoms with E-state index < -0.39 is 6.10 Å². The van der Waals surface area contributed by atoms with Crippen LogP contribution in [0.15, 0.2) is 42.5 Å². The number of para-hydroxylation sites is 2. The van der Waals surface area contributed by atoms with Gasteiger partial charge in [0.1, 0.15) is 5.75 Å².